The molecule has 1 saturated carbocycles. The van der Waals surface area contributed by atoms with E-state index in [0.29, 0.717) is 22.2 Å². The molecular formula is C14H19BrFNO. The third kappa shape index (κ3) is 4.25. The summed E-state index contributed by atoms with van der Waals surface area (Å²) < 4.78 is 19.9. The summed E-state index contributed by atoms with van der Waals surface area (Å²) in [4.78, 5) is 0. The highest BCUT2D eigenvalue weighted by Gasteiger charge is 2.23. The molecule has 0 amide bonds. The Morgan fingerprint density at radius 3 is 2.67 bits per heavy atom. The van der Waals surface area contributed by atoms with Crippen LogP contribution in [0.25, 0.3) is 0 Å². The van der Waals surface area contributed by atoms with Gasteiger partial charge in [-0.3, -0.25) is 0 Å². The topological polar surface area (TPSA) is 21.3 Å². The molecule has 1 fully saturated rings. The Hall–Kier alpha value is -0.610. The van der Waals surface area contributed by atoms with Gasteiger partial charge in [-0.2, -0.15) is 0 Å². The fourth-order valence-corrected chi connectivity index (χ4v) is 2.20. The third-order valence-electron chi connectivity index (χ3n) is 3.05. The second-order valence-electron chi connectivity index (χ2n) is 5.19. The number of halogens is 2. The van der Waals surface area contributed by atoms with Crippen molar-refractivity contribution in [2.75, 3.05) is 6.54 Å². The molecule has 0 bridgehead atoms. The van der Waals surface area contributed by atoms with Gasteiger partial charge in [0.1, 0.15) is 17.7 Å². The number of hydrogen-bond donors (Lipinski definition) is 1. The highest BCUT2D eigenvalue weighted by atomic mass is 79.9. The van der Waals surface area contributed by atoms with Crippen LogP contribution in [-0.4, -0.2) is 18.7 Å². The number of rotatable bonds is 6. The normalized spacial score (nSPS) is 16.9. The van der Waals surface area contributed by atoms with Gasteiger partial charge in [0, 0.05) is 23.1 Å². The van der Waals surface area contributed by atoms with Gasteiger partial charge < -0.3 is 10.1 Å². The fraction of sp³-hybridized carbons (Fsp3) is 0.571. The predicted octanol–water partition coefficient (Wildman–Crippen LogP) is 3.74. The maximum Gasteiger partial charge on any atom is 0.128 e. The zero-order valence-corrected chi connectivity index (χ0v) is 12.3. The van der Waals surface area contributed by atoms with E-state index >= 15 is 0 Å². The molecule has 100 valence electrons. The van der Waals surface area contributed by atoms with Crippen molar-refractivity contribution in [2.45, 2.75) is 38.8 Å². The van der Waals surface area contributed by atoms with E-state index in [4.69, 9.17) is 4.74 Å². The van der Waals surface area contributed by atoms with Crippen molar-refractivity contribution in [2.24, 2.45) is 5.92 Å². The molecule has 1 aromatic rings. The van der Waals surface area contributed by atoms with E-state index in [9.17, 15) is 4.39 Å². The Bertz CT molecular complexity index is 387. The van der Waals surface area contributed by atoms with Crippen LogP contribution >= 0.6 is 15.9 Å². The molecule has 2 rings (SSSR count). The second kappa shape index (κ2) is 6.02. The van der Waals surface area contributed by atoms with Crippen LogP contribution in [0, 0.1) is 11.7 Å². The Morgan fingerprint density at radius 2 is 2.11 bits per heavy atom. The van der Waals surface area contributed by atoms with Gasteiger partial charge in [-0.1, -0.05) is 29.8 Å². The Labute approximate surface area is 116 Å². The Morgan fingerprint density at radius 1 is 1.39 bits per heavy atom. The van der Waals surface area contributed by atoms with Gasteiger partial charge in [-0.25, -0.2) is 4.39 Å². The first-order valence-electron chi connectivity index (χ1n) is 6.40. The lowest BCUT2D eigenvalue weighted by Crippen LogP contribution is -2.36. The quantitative estimate of drug-likeness (QED) is 0.863. The maximum atomic E-state index is 13.3. The van der Waals surface area contributed by atoms with Gasteiger partial charge in [0.05, 0.1) is 0 Å². The van der Waals surface area contributed by atoms with Crippen molar-refractivity contribution < 1.29 is 9.13 Å². The second-order valence-corrected chi connectivity index (χ2v) is 6.10. The predicted molar refractivity (Wildman–Crippen MR) is 74.4 cm³/mol. The fourth-order valence-electron chi connectivity index (χ4n) is 1.76. The summed E-state index contributed by atoms with van der Waals surface area (Å²) >= 11 is 3.28. The average Bonchev–Trinajstić information content (AvgIpc) is 3.06. The van der Waals surface area contributed by atoms with E-state index in [1.807, 2.05) is 0 Å². The molecule has 18 heavy (non-hydrogen) atoms. The highest BCUT2D eigenvalue weighted by Crippen LogP contribution is 2.24. The van der Waals surface area contributed by atoms with E-state index in [0.717, 1.165) is 6.54 Å². The van der Waals surface area contributed by atoms with Crippen LogP contribution in [0.15, 0.2) is 22.7 Å². The molecule has 0 radical (unpaired) electrons. The van der Waals surface area contributed by atoms with Crippen molar-refractivity contribution in [3.05, 3.63) is 28.5 Å². The average molecular weight is 316 g/mol. The molecular weight excluding hydrogens is 297 g/mol. The summed E-state index contributed by atoms with van der Waals surface area (Å²) in [7, 11) is 0. The van der Waals surface area contributed by atoms with Gasteiger partial charge in [-0.15, -0.1) is 0 Å². The van der Waals surface area contributed by atoms with Crippen LogP contribution in [0.3, 0.4) is 0 Å². The van der Waals surface area contributed by atoms with Crippen LogP contribution < -0.4 is 10.1 Å². The summed E-state index contributed by atoms with van der Waals surface area (Å²) in [6.07, 6.45) is 2.59. The summed E-state index contributed by atoms with van der Waals surface area (Å²) in [5, 5.41) is 3.46. The molecule has 1 aliphatic rings. The molecule has 4 heteroatoms. The highest BCUT2D eigenvalue weighted by molar-refractivity contribution is 9.10. The minimum Gasteiger partial charge on any atom is -0.489 e. The van der Waals surface area contributed by atoms with Gasteiger partial charge in [0.2, 0.25) is 0 Å². The number of ether oxygens (including phenoxy) is 1. The summed E-state index contributed by atoms with van der Waals surface area (Å²) in [5.41, 5.74) is 0. The minimum absolute atomic E-state index is 0.0688. The van der Waals surface area contributed by atoms with Crippen LogP contribution in [0.5, 0.6) is 5.75 Å². The Kier molecular flexibility index (Phi) is 4.62. The lowest BCUT2D eigenvalue weighted by molar-refractivity contribution is 0.148. The van der Waals surface area contributed by atoms with Gasteiger partial charge in [0.15, 0.2) is 0 Å². The van der Waals surface area contributed by atoms with E-state index in [1.54, 1.807) is 6.07 Å². The third-order valence-corrected chi connectivity index (χ3v) is 3.51. The van der Waals surface area contributed by atoms with Crippen LogP contribution in [0.4, 0.5) is 4.39 Å². The minimum atomic E-state index is -0.281. The molecule has 1 aliphatic carbocycles. The summed E-state index contributed by atoms with van der Waals surface area (Å²) in [6, 6.07) is 5.32. The molecule has 0 aromatic heterocycles. The molecule has 1 atom stereocenters. The largest absolute Gasteiger partial charge is 0.489 e. The molecule has 1 N–H and O–H groups in total. The number of hydrogen-bond acceptors (Lipinski definition) is 2. The van der Waals surface area contributed by atoms with Crippen LogP contribution in [-0.2, 0) is 0 Å². The lowest BCUT2D eigenvalue weighted by Gasteiger charge is -2.23. The zero-order valence-electron chi connectivity index (χ0n) is 10.7. The molecule has 1 unspecified atom stereocenters. The molecule has 0 spiro atoms. The molecule has 2 nitrogen and oxygen atoms in total. The van der Waals surface area contributed by atoms with Crippen LogP contribution in [0.1, 0.15) is 26.7 Å². The zero-order chi connectivity index (χ0) is 13.1. The number of benzene rings is 1. The first-order chi connectivity index (χ1) is 8.54. The maximum absolute atomic E-state index is 13.3. The SMILES string of the molecule is CC(C)C(CNC1CC1)Oc1cc(F)cc(Br)c1. The molecule has 0 saturated heterocycles. The van der Waals surface area contributed by atoms with Crippen molar-refractivity contribution in [1.29, 1.82) is 0 Å². The van der Waals surface area contributed by atoms with Crippen LogP contribution in [0.2, 0.25) is 0 Å². The van der Waals surface area contributed by atoms with Crippen molar-refractivity contribution in [3.8, 4) is 5.75 Å². The van der Waals surface area contributed by atoms with Gasteiger partial charge in [-0.05, 0) is 30.9 Å². The van der Waals surface area contributed by atoms with Gasteiger partial charge in [0.25, 0.3) is 0 Å². The van der Waals surface area contributed by atoms with Gasteiger partial charge >= 0.3 is 0 Å². The monoisotopic (exact) mass is 315 g/mol. The lowest BCUT2D eigenvalue weighted by atomic mass is 10.1. The summed E-state index contributed by atoms with van der Waals surface area (Å²) in [6.45, 7) is 5.05. The molecule has 1 aromatic carbocycles. The Balaban J connectivity index is 1.97. The number of nitrogens with one attached hydrogen (secondary N) is 1. The summed E-state index contributed by atoms with van der Waals surface area (Å²) in [5.74, 6) is 0.688. The van der Waals surface area contributed by atoms with E-state index in [-0.39, 0.29) is 11.9 Å². The van der Waals surface area contributed by atoms with Crippen molar-refractivity contribution >= 4 is 15.9 Å². The first kappa shape index (κ1) is 13.8. The van der Waals surface area contributed by atoms with Crippen molar-refractivity contribution in [1.82, 2.24) is 5.32 Å². The molecule has 0 aliphatic heterocycles. The van der Waals surface area contributed by atoms with E-state index in [2.05, 4.69) is 35.1 Å². The smallest absolute Gasteiger partial charge is 0.128 e. The standard InChI is InChI=1S/C14H19BrFNO/c1-9(2)14(8-17-12-3-4-12)18-13-6-10(15)5-11(16)7-13/h5-7,9,12,14,17H,3-4,8H2,1-2H3. The molecule has 0 heterocycles. The van der Waals surface area contributed by atoms with E-state index in [1.165, 1.54) is 25.0 Å². The first-order valence-corrected chi connectivity index (χ1v) is 7.20. The van der Waals surface area contributed by atoms with E-state index < -0.39 is 0 Å². The van der Waals surface area contributed by atoms with Crippen molar-refractivity contribution in [3.63, 3.8) is 0 Å².